The Balaban J connectivity index is 1.03. The fourth-order valence-electron chi connectivity index (χ4n) is 8.58. The van der Waals surface area contributed by atoms with Crippen LogP contribution in [0.5, 0.6) is 0 Å². The summed E-state index contributed by atoms with van der Waals surface area (Å²) in [7, 11) is 0. The highest BCUT2D eigenvalue weighted by Gasteiger charge is 2.24. The largest absolute Gasteiger partial charge is 0.309 e. The first-order chi connectivity index (χ1) is 27.8. The fourth-order valence-corrected chi connectivity index (χ4v) is 8.58. The molecule has 0 saturated heterocycles. The van der Waals surface area contributed by atoms with Gasteiger partial charge in [-0.2, -0.15) is 0 Å². The van der Waals surface area contributed by atoms with Crippen molar-refractivity contribution in [1.82, 2.24) is 24.1 Å². The zero-order chi connectivity index (χ0) is 37.0. The summed E-state index contributed by atoms with van der Waals surface area (Å²) in [4.78, 5) is 15.0. The van der Waals surface area contributed by atoms with Gasteiger partial charge in [0.1, 0.15) is 5.65 Å². The average Bonchev–Trinajstić information content (AvgIpc) is 3.80. The van der Waals surface area contributed by atoms with E-state index >= 15 is 0 Å². The molecule has 11 rings (SSSR count). The molecule has 0 saturated carbocycles. The molecule has 56 heavy (non-hydrogen) atoms. The zero-order valence-electron chi connectivity index (χ0n) is 30.5. The van der Waals surface area contributed by atoms with E-state index in [9.17, 15) is 0 Å². The summed E-state index contributed by atoms with van der Waals surface area (Å²) < 4.78 is 4.74. The minimum Gasteiger partial charge on any atom is -0.309 e. The summed E-state index contributed by atoms with van der Waals surface area (Å²) in [5.74, 6) is 0.702. The number of nitrogens with zero attached hydrogens (tertiary/aromatic N) is 5. The van der Waals surface area contributed by atoms with Crippen LogP contribution in [-0.4, -0.2) is 24.1 Å². The van der Waals surface area contributed by atoms with Crippen LogP contribution < -0.4 is 0 Å². The van der Waals surface area contributed by atoms with Gasteiger partial charge in [-0.3, -0.25) is 4.57 Å². The molecule has 6 aromatic carbocycles. The van der Waals surface area contributed by atoms with E-state index in [-0.39, 0.29) is 0 Å². The lowest BCUT2D eigenvalue weighted by Gasteiger charge is -2.18. The standard InChI is InChI=1S/C51H35N5/c1-4-14-34(15-5-1)44-33-45(35-16-6-2-7-17-35)54-50(53-44)36-25-28-39(29-26-36)55-46-23-11-10-20-42(46)49-40(21-12-24-48(49)55)37-27-30-47-43(32-37)41-22-13-31-52-51(41)56(47)38-18-8-3-9-19-38/h1-26,28-29,31-33H,27,30H2. The van der Waals surface area contributed by atoms with E-state index in [0.717, 1.165) is 57.9 Å². The van der Waals surface area contributed by atoms with Crippen molar-refractivity contribution in [1.29, 1.82) is 0 Å². The number of para-hydroxylation sites is 2. The first-order valence-corrected chi connectivity index (χ1v) is 19.2. The van der Waals surface area contributed by atoms with Crippen molar-refractivity contribution in [3.8, 4) is 45.3 Å². The lowest BCUT2D eigenvalue weighted by atomic mass is 9.89. The van der Waals surface area contributed by atoms with Crippen LogP contribution >= 0.6 is 0 Å². The minimum absolute atomic E-state index is 0.702. The molecule has 0 N–H and O–H groups in total. The third kappa shape index (κ3) is 5.28. The molecular formula is C51H35N5. The summed E-state index contributed by atoms with van der Waals surface area (Å²) in [5.41, 5.74) is 15.7. The third-order valence-electron chi connectivity index (χ3n) is 11.1. The summed E-state index contributed by atoms with van der Waals surface area (Å²) in [6.45, 7) is 0. The molecule has 0 unspecified atom stereocenters. The van der Waals surface area contributed by atoms with Crippen molar-refractivity contribution in [3.63, 3.8) is 0 Å². The fraction of sp³-hybridized carbons (Fsp3) is 0.0392. The summed E-state index contributed by atoms with van der Waals surface area (Å²) in [5, 5.41) is 3.71. The molecule has 264 valence electrons. The Labute approximate surface area is 324 Å². The maximum atomic E-state index is 5.08. The normalized spacial score (nSPS) is 12.6. The molecule has 0 aliphatic heterocycles. The second-order valence-electron chi connectivity index (χ2n) is 14.4. The number of pyridine rings is 1. The van der Waals surface area contributed by atoms with Crippen molar-refractivity contribution >= 4 is 44.5 Å². The molecular weight excluding hydrogens is 683 g/mol. The Morgan fingerprint density at radius 2 is 1.09 bits per heavy atom. The Morgan fingerprint density at radius 3 is 1.82 bits per heavy atom. The van der Waals surface area contributed by atoms with Crippen molar-refractivity contribution < 1.29 is 0 Å². The molecule has 5 nitrogen and oxygen atoms in total. The van der Waals surface area contributed by atoms with Crippen molar-refractivity contribution in [2.75, 3.05) is 0 Å². The van der Waals surface area contributed by atoms with Crippen molar-refractivity contribution in [2.24, 2.45) is 0 Å². The number of benzene rings is 6. The van der Waals surface area contributed by atoms with E-state index in [1.54, 1.807) is 0 Å². The Hall–Kier alpha value is -7.37. The molecule has 0 atom stereocenters. The lowest BCUT2D eigenvalue weighted by Crippen LogP contribution is -2.05. The van der Waals surface area contributed by atoms with Gasteiger partial charge in [0.25, 0.3) is 0 Å². The van der Waals surface area contributed by atoms with Crippen LogP contribution in [0.25, 0.3) is 89.8 Å². The van der Waals surface area contributed by atoms with Gasteiger partial charge >= 0.3 is 0 Å². The van der Waals surface area contributed by atoms with E-state index < -0.39 is 0 Å². The highest BCUT2D eigenvalue weighted by atomic mass is 15.1. The van der Waals surface area contributed by atoms with Gasteiger partial charge in [0.2, 0.25) is 0 Å². The van der Waals surface area contributed by atoms with Gasteiger partial charge in [0.15, 0.2) is 5.82 Å². The molecule has 0 fully saturated rings. The van der Waals surface area contributed by atoms with Gasteiger partial charge in [-0.15, -0.1) is 0 Å². The van der Waals surface area contributed by atoms with Crippen LogP contribution in [0.4, 0.5) is 0 Å². The van der Waals surface area contributed by atoms with Crippen molar-refractivity contribution in [2.45, 2.75) is 12.8 Å². The summed E-state index contributed by atoms with van der Waals surface area (Å²) >= 11 is 0. The van der Waals surface area contributed by atoms with Gasteiger partial charge in [0.05, 0.1) is 22.4 Å². The van der Waals surface area contributed by atoms with Gasteiger partial charge in [0, 0.05) is 61.7 Å². The third-order valence-corrected chi connectivity index (χ3v) is 11.1. The molecule has 0 bridgehead atoms. The highest BCUT2D eigenvalue weighted by molar-refractivity contribution is 6.15. The smallest absolute Gasteiger partial charge is 0.160 e. The van der Waals surface area contributed by atoms with Crippen molar-refractivity contribution in [3.05, 3.63) is 199 Å². The predicted octanol–water partition coefficient (Wildman–Crippen LogP) is 12.4. The molecule has 5 heteroatoms. The number of hydrogen-bond donors (Lipinski definition) is 0. The second-order valence-corrected chi connectivity index (χ2v) is 14.4. The summed E-state index contributed by atoms with van der Waals surface area (Å²) in [6, 6.07) is 61.9. The van der Waals surface area contributed by atoms with Gasteiger partial charge in [-0.1, -0.05) is 109 Å². The molecule has 0 amide bonds. The van der Waals surface area contributed by atoms with Crippen LogP contribution in [0.3, 0.4) is 0 Å². The Bertz CT molecular complexity index is 3040. The molecule has 0 radical (unpaired) electrons. The number of rotatable bonds is 6. The predicted molar refractivity (Wildman–Crippen MR) is 230 cm³/mol. The van der Waals surface area contributed by atoms with Gasteiger partial charge in [-0.25, -0.2) is 15.0 Å². The van der Waals surface area contributed by atoms with Crippen LogP contribution in [0, 0.1) is 0 Å². The molecule has 4 aromatic heterocycles. The van der Waals surface area contributed by atoms with Gasteiger partial charge in [-0.05, 0) is 96.8 Å². The van der Waals surface area contributed by atoms with Gasteiger partial charge < -0.3 is 4.57 Å². The maximum Gasteiger partial charge on any atom is 0.160 e. The van der Waals surface area contributed by atoms with E-state index in [0.29, 0.717) is 5.82 Å². The zero-order valence-corrected chi connectivity index (χ0v) is 30.5. The maximum absolute atomic E-state index is 5.08. The van der Waals surface area contributed by atoms with Crippen LogP contribution in [0.1, 0.15) is 23.2 Å². The van der Waals surface area contributed by atoms with Crippen LogP contribution in [0.2, 0.25) is 0 Å². The van der Waals surface area contributed by atoms with Crippen LogP contribution in [-0.2, 0) is 6.42 Å². The average molecular weight is 718 g/mol. The molecule has 4 heterocycles. The molecule has 10 aromatic rings. The first kappa shape index (κ1) is 32.1. The van der Waals surface area contributed by atoms with Crippen LogP contribution in [0.15, 0.2) is 182 Å². The van der Waals surface area contributed by atoms with E-state index in [4.69, 9.17) is 15.0 Å². The second kappa shape index (κ2) is 13.2. The highest BCUT2D eigenvalue weighted by Crippen LogP contribution is 2.42. The SMILES string of the molecule is C1=C(c2cccc3c2c2ccccc2n3-c2ccc(-c3nc(-c4ccccc4)cc(-c4ccccc4)n3)cc2)CCc2c1c1cccnc1n2-c1ccccc1. The Kier molecular flexibility index (Phi) is 7.56. The molecule has 0 spiro atoms. The number of allylic oxidation sites excluding steroid dienone is 1. The number of hydrogen-bond acceptors (Lipinski definition) is 3. The quantitative estimate of drug-likeness (QED) is 0.172. The Morgan fingerprint density at radius 1 is 0.464 bits per heavy atom. The van der Waals surface area contributed by atoms with E-state index in [1.165, 1.54) is 49.6 Å². The number of fused-ring (bicyclic) bond motifs is 6. The molecule has 1 aliphatic rings. The number of aromatic nitrogens is 5. The first-order valence-electron chi connectivity index (χ1n) is 19.2. The van der Waals surface area contributed by atoms with E-state index in [2.05, 4.69) is 173 Å². The summed E-state index contributed by atoms with van der Waals surface area (Å²) in [6.07, 6.45) is 6.20. The molecule has 1 aliphatic carbocycles. The van der Waals surface area contributed by atoms with E-state index in [1.807, 2.05) is 24.4 Å². The minimum atomic E-state index is 0.702. The lowest BCUT2D eigenvalue weighted by molar-refractivity contribution is 0.892. The topological polar surface area (TPSA) is 48.5 Å². The monoisotopic (exact) mass is 717 g/mol.